The molecule has 1 saturated heterocycles. The molecule has 0 radical (unpaired) electrons. The molecule has 2 aromatic carbocycles. The lowest BCUT2D eigenvalue weighted by molar-refractivity contribution is 0.101. The number of carbonyl (C=O) groups is 1. The molecule has 2 atom stereocenters. The van der Waals surface area contributed by atoms with Gasteiger partial charge in [0.1, 0.15) is 0 Å². The molecule has 4 aromatic rings. The van der Waals surface area contributed by atoms with Crippen LogP contribution in [0.15, 0.2) is 48.5 Å². The van der Waals surface area contributed by atoms with E-state index in [0.29, 0.717) is 76.1 Å². The van der Waals surface area contributed by atoms with E-state index in [4.69, 9.17) is 37.7 Å². The van der Waals surface area contributed by atoms with E-state index in [1.807, 2.05) is 61.1 Å². The number of aliphatic hydroxyl groups excluding tert-OH is 1. The maximum absolute atomic E-state index is 13.3. The molecule has 2 aliphatic heterocycles. The van der Waals surface area contributed by atoms with Gasteiger partial charge in [-0.15, -0.1) is 0 Å². The Kier molecular flexibility index (Phi) is 8.91. The summed E-state index contributed by atoms with van der Waals surface area (Å²) in [5.41, 5.74) is 6.00. The summed E-state index contributed by atoms with van der Waals surface area (Å²) in [6, 6.07) is 14.8. The number of anilines is 1. The molecule has 1 amide bonds. The zero-order valence-electron chi connectivity index (χ0n) is 24.7. The van der Waals surface area contributed by atoms with Crippen molar-refractivity contribution in [1.29, 1.82) is 0 Å². The minimum absolute atomic E-state index is 0.146. The molecule has 0 unspecified atom stereocenters. The number of ether oxygens (including phenoxy) is 2. The second kappa shape index (κ2) is 12.8. The van der Waals surface area contributed by atoms with Crippen molar-refractivity contribution in [3.8, 4) is 28.3 Å². The summed E-state index contributed by atoms with van der Waals surface area (Å²) in [6.07, 6.45) is 0.296. The van der Waals surface area contributed by atoms with E-state index < -0.39 is 6.10 Å². The van der Waals surface area contributed by atoms with E-state index in [-0.39, 0.29) is 11.9 Å². The zero-order valence-corrected chi connectivity index (χ0v) is 26.2. The molecule has 0 bridgehead atoms. The number of nitrogens with zero attached hydrogens (tertiary/aromatic N) is 4. The summed E-state index contributed by atoms with van der Waals surface area (Å²) in [4.78, 5) is 24.9. The molecule has 44 heavy (non-hydrogen) atoms. The van der Waals surface area contributed by atoms with Gasteiger partial charge >= 0.3 is 0 Å². The van der Waals surface area contributed by atoms with Crippen LogP contribution < -0.4 is 15.4 Å². The van der Waals surface area contributed by atoms with Crippen LogP contribution >= 0.6 is 23.2 Å². The number of halogens is 2. The molecular weight excluding hydrogens is 603 g/mol. The van der Waals surface area contributed by atoms with Crippen LogP contribution in [-0.4, -0.2) is 76.5 Å². The van der Waals surface area contributed by atoms with Crippen LogP contribution in [0, 0.1) is 0 Å². The number of pyridine rings is 1. The van der Waals surface area contributed by atoms with Crippen molar-refractivity contribution >= 4 is 34.8 Å². The first-order valence-electron chi connectivity index (χ1n) is 14.4. The lowest BCUT2D eigenvalue weighted by Crippen LogP contribution is -2.38. The van der Waals surface area contributed by atoms with Gasteiger partial charge in [0.15, 0.2) is 5.82 Å². The molecule has 6 rings (SSSR count). The third-order valence-electron chi connectivity index (χ3n) is 8.20. The number of rotatable bonds is 8. The number of aliphatic hydroxyl groups is 1. The van der Waals surface area contributed by atoms with Crippen LogP contribution in [0.3, 0.4) is 0 Å². The first kappa shape index (κ1) is 30.5. The van der Waals surface area contributed by atoms with Crippen molar-refractivity contribution in [3.63, 3.8) is 0 Å². The van der Waals surface area contributed by atoms with Crippen LogP contribution in [0.2, 0.25) is 10.0 Å². The molecule has 0 spiro atoms. The van der Waals surface area contributed by atoms with Crippen molar-refractivity contribution in [2.24, 2.45) is 7.05 Å². The number of carbonyl (C=O) groups excluding carboxylic acids is 1. The van der Waals surface area contributed by atoms with Crippen LogP contribution in [0.4, 0.5) is 5.69 Å². The highest BCUT2D eigenvalue weighted by Gasteiger charge is 2.27. The van der Waals surface area contributed by atoms with Gasteiger partial charge in [0.25, 0.3) is 5.91 Å². The van der Waals surface area contributed by atoms with Gasteiger partial charge in [0, 0.05) is 61.1 Å². The molecule has 0 saturated carbocycles. The topological polar surface area (TPSA) is 114 Å². The summed E-state index contributed by atoms with van der Waals surface area (Å²) >= 11 is 13.9. The Morgan fingerprint density at radius 3 is 2.55 bits per heavy atom. The van der Waals surface area contributed by atoms with Crippen molar-refractivity contribution < 1.29 is 19.4 Å². The number of hydrogen-bond acceptors (Lipinski definition) is 8. The average molecular weight is 638 g/mol. The number of benzene rings is 2. The van der Waals surface area contributed by atoms with E-state index in [1.165, 1.54) is 0 Å². The van der Waals surface area contributed by atoms with E-state index in [1.54, 1.807) is 13.2 Å². The first-order valence-corrected chi connectivity index (χ1v) is 15.2. The lowest BCUT2D eigenvalue weighted by Gasteiger charge is -2.21. The molecule has 1 fully saturated rings. The molecule has 3 N–H and O–H groups in total. The van der Waals surface area contributed by atoms with E-state index >= 15 is 0 Å². The van der Waals surface area contributed by atoms with E-state index in [2.05, 4.69) is 20.5 Å². The highest BCUT2D eigenvalue weighted by atomic mass is 35.5. The quantitative estimate of drug-likeness (QED) is 0.258. The monoisotopic (exact) mass is 636 g/mol. The minimum Gasteiger partial charge on any atom is -0.481 e. The standard InChI is InChI=1S/C32H34Cl2N6O4/c1-39-13-12-26-24(15-39)36-30(40(26)2)31(42)37-23-9-5-7-20(29(23)34)19-6-4-8-21(28(19)33)22-11-10-18(32(38-22)43-3)14-35-25-16-44-17-27(25)41/h4-11,25,27,35,41H,12-17H2,1-3H3,(H,37,42)/t25-,27-/m1/s1. The van der Waals surface area contributed by atoms with Crippen molar-refractivity contribution in [1.82, 2.24) is 24.8 Å². The summed E-state index contributed by atoms with van der Waals surface area (Å²) in [6.45, 7) is 2.87. The molecule has 4 heterocycles. The summed E-state index contributed by atoms with van der Waals surface area (Å²) in [5, 5.41) is 17.1. The third kappa shape index (κ3) is 5.93. The summed E-state index contributed by atoms with van der Waals surface area (Å²) in [7, 11) is 5.48. The van der Waals surface area contributed by atoms with Crippen molar-refractivity contribution in [3.05, 3.63) is 81.4 Å². The van der Waals surface area contributed by atoms with Crippen molar-refractivity contribution in [2.75, 3.05) is 39.2 Å². The van der Waals surface area contributed by atoms with E-state index in [0.717, 1.165) is 29.9 Å². The highest BCUT2D eigenvalue weighted by molar-refractivity contribution is 6.39. The Balaban J connectivity index is 1.25. The summed E-state index contributed by atoms with van der Waals surface area (Å²) < 4.78 is 12.8. The van der Waals surface area contributed by atoms with Gasteiger partial charge in [-0.2, -0.15) is 0 Å². The summed E-state index contributed by atoms with van der Waals surface area (Å²) in [5.74, 6) is 0.470. The number of fused-ring (bicyclic) bond motifs is 1. The average Bonchev–Trinajstić information content (AvgIpc) is 3.58. The number of hydrogen-bond donors (Lipinski definition) is 3. The van der Waals surface area contributed by atoms with Crippen LogP contribution in [-0.2, 0) is 31.3 Å². The van der Waals surface area contributed by atoms with Gasteiger partial charge in [-0.05, 0) is 19.2 Å². The van der Waals surface area contributed by atoms with Crippen LogP contribution in [0.5, 0.6) is 5.88 Å². The maximum Gasteiger partial charge on any atom is 0.291 e. The predicted molar refractivity (Wildman–Crippen MR) is 170 cm³/mol. The second-order valence-electron chi connectivity index (χ2n) is 11.1. The fourth-order valence-electron chi connectivity index (χ4n) is 5.72. The Bertz CT molecular complexity index is 1710. The number of methoxy groups -OCH3 is 1. The highest BCUT2D eigenvalue weighted by Crippen LogP contribution is 2.41. The van der Waals surface area contributed by atoms with E-state index in [9.17, 15) is 9.90 Å². The number of imidazole rings is 1. The first-order chi connectivity index (χ1) is 21.2. The molecule has 2 aliphatic rings. The molecule has 10 nitrogen and oxygen atoms in total. The molecule has 12 heteroatoms. The Morgan fingerprint density at radius 2 is 1.80 bits per heavy atom. The van der Waals surface area contributed by atoms with Gasteiger partial charge in [-0.25, -0.2) is 9.97 Å². The molecule has 2 aromatic heterocycles. The molecular formula is C32H34Cl2N6O4. The molecule has 230 valence electrons. The van der Waals surface area contributed by atoms with Crippen LogP contribution in [0.1, 0.15) is 27.6 Å². The lowest BCUT2D eigenvalue weighted by atomic mass is 10.00. The Morgan fingerprint density at radius 1 is 1.05 bits per heavy atom. The number of likely N-dealkylation sites (N-methyl/N-ethyl adjacent to an activating group) is 1. The van der Waals surface area contributed by atoms with Gasteiger partial charge in [-0.3, -0.25) is 4.79 Å². The van der Waals surface area contributed by atoms with Crippen molar-refractivity contribution in [2.45, 2.75) is 31.7 Å². The number of amides is 1. The van der Waals surface area contributed by atoms with Gasteiger partial charge < -0.3 is 34.7 Å². The normalized spacial score (nSPS) is 18.3. The van der Waals surface area contributed by atoms with Crippen LogP contribution in [0.25, 0.3) is 22.4 Å². The predicted octanol–water partition coefficient (Wildman–Crippen LogP) is 4.55. The Hall–Kier alpha value is -3.51. The minimum atomic E-state index is -0.546. The smallest absolute Gasteiger partial charge is 0.291 e. The molecule has 0 aliphatic carbocycles. The largest absolute Gasteiger partial charge is 0.481 e. The van der Waals surface area contributed by atoms with Gasteiger partial charge in [0.2, 0.25) is 5.88 Å². The number of aromatic nitrogens is 3. The fourth-order valence-corrected chi connectivity index (χ4v) is 6.32. The third-order valence-corrected chi connectivity index (χ3v) is 9.01. The Labute approximate surface area is 265 Å². The maximum atomic E-state index is 13.3. The van der Waals surface area contributed by atoms with Gasteiger partial charge in [0.05, 0.1) is 59.6 Å². The fraction of sp³-hybridized carbons (Fsp3) is 0.344. The number of nitrogens with one attached hydrogen (secondary N) is 2. The second-order valence-corrected chi connectivity index (χ2v) is 11.9. The van der Waals surface area contributed by atoms with Gasteiger partial charge in [-0.1, -0.05) is 59.6 Å². The zero-order chi connectivity index (χ0) is 31.0. The SMILES string of the molecule is COc1nc(-c2cccc(-c3cccc(NC(=O)c4nc5c(n4C)CCN(C)C5)c3Cl)c2Cl)ccc1CN[C@@H]1COC[C@H]1O.